The van der Waals surface area contributed by atoms with Crippen LogP contribution < -0.4 is 15.8 Å². The molecule has 19 heavy (non-hydrogen) atoms. The van der Waals surface area contributed by atoms with E-state index in [0.717, 1.165) is 5.75 Å². The summed E-state index contributed by atoms with van der Waals surface area (Å²) in [4.78, 5) is 11.7. The van der Waals surface area contributed by atoms with E-state index in [0.29, 0.717) is 24.4 Å². The first kappa shape index (κ1) is 12.9. The fraction of sp³-hybridized carbons (Fsp3) is 0.231. The lowest BCUT2D eigenvalue weighted by atomic mass is 10.3. The molecule has 1 aromatic heterocycles. The Bertz CT molecular complexity index is 548. The van der Waals surface area contributed by atoms with Crippen LogP contribution in [-0.4, -0.2) is 28.8 Å². The van der Waals surface area contributed by atoms with Gasteiger partial charge in [0.25, 0.3) is 5.91 Å². The van der Waals surface area contributed by atoms with Crippen LogP contribution in [0.3, 0.4) is 0 Å². The molecule has 0 radical (unpaired) electrons. The Morgan fingerprint density at radius 3 is 2.79 bits per heavy atom. The van der Waals surface area contributed by atoms with Gasteiger partial charge in [-0.25, -0.2) is 0 Å². The molecule has 100 valence electrons. The van der Waals surface area contributed by atoms with Crippen LogP contribution in [0.5, 0.6) is 5.75 Å². The summed E-state index contributed by atoms with van der Waals surface area (Å²) in [7, 11) is 1.76. The lowest BCUT2D eigenvalue weighted by Gasteiger charge is -2.07. The predicted octanol–water partition coefficient (Wildman–Crippen LogP) is 0.811. The molecule has 0 aliphatic heterocycles. The molecule has 0 fully saturated rings. The fourth-order valence-corrected chi connectivity index (χ4v) is 1.54. The van der Waals surface area contributed by atoms with E-state index in [9.17, 15) is 4.79 Å². The van der Waals surface area contributed by atoms with Gasteiger partial charge in [-0.05, 0) is 24.3 Å². The minimum atomic E-state index is -0.158. The fourth-order valence-electron chi connectivity index (χ4n) is 1.54. The average molecular weight is 260 g/mol. The van der Waals surface area contributed by atoms with Gasteiger partial charge < -0.3 is 15.8 Å². The minimum absolute atomic E-state index is 0.158. The largest absolute Gasteiger partial charge is 0.492 e. The van der Waals surface area contributed by atoms with Crippen LogP contribution in [0, 0.1) is 0 Å². The van der Waals surface area contributed by atoms with Crippen LogP contribution >= 0.6 is 0 Å². The highest BCUT2D eigenvalue weighted by Crippen LogP contribution is 2.12. The van der Waals surface area contributed by atoms with Crippen LogP contribution in [0.2, 0.25) is 0 Å². The molecule has 1 aromatic carbocycles. The van der Waals surface area contributed by atoms with Gasteiger partial charge in [-0.3, -0.25) is 9.48 Å². The highest BCUT2D eigenvalue weighted by Gasteiger charge is 2.06. The zero-order chi connectivity index (χ0) is 13.7. The Balaban J connectivity index is 1.72. The monoisotopic (exact) mass is 260 g/mol. The Kier molecular flexibility index (Phi) is 4.02. The number of carbonyl (C=O) groups is 1. The van der Waals surface area contributed by atoms with E-state index >= 15 is 0 Å². The number of ether oxygens (including phenoxy) is 1. The zero-order valence-corrected chi connectivity index (χ0v) is 10.7. The maximum absolute atomic E-state index is 11.7. The van der Waals surface area contributed by atoms with Gasteiger partial charge in [-0.2, -0.15) is 5.10 Å². The van der Waals surface area contributed by atoms with Crippen molar-refractivity contribution in [2.24, 2.45) is 7.05 Å². The van der Waals surface area contributed by atoms with E-state index in [1.54, 1.807) is 42.2 Å². The molecular formula is C13H16N4O2. The summed E-state index contributed by atoms with van der Waals surface area (Å²) in [6.45, 7) is 0.827. The number of aromatic nitrogens is 2. The molecule has 0 unspecified atom stereocenters. The van der Waals surface area contributed by atoms with Crippen LogP contribution in [-0.2, 0) is 7.05 Å². The number of aryl methyl sites for hydroxylation is 1. The number of hydrogen-bond donors (Lipinski definition) is 2. The maximum Gasteiger partial charge on any atom is 0.254 e. The Labute approximate surface area is 111 Å². The Morgan fingerprint density at radius 2 is 2.16 bits per heavy atom. The number of nitrogens with two attached hydrogens (primary N) is 1. The lowest BCUT2D eigenvalue weighted by Crippen LogP contribution is -2.27. The SMILES string of the molecule is Cn1cc(C(=O)NCCOc2ccc(N)cc2)cn1. The van der Waals surface area contributed by atoms with Crippen molar-refractivity contribution in [2.75, 3.05) is 18.9 Å². The van der Waals surface area contributed by atoms with Gasteiger partial charge in [0.15, 0.2) is 0 Å². The van der Waals surface area contributed by atoms with Crippen LogP contribution in [0.4, 0.5) is 5.69 Å². The number of carbonyl (C=O) groups excluding carboxylic acids is 1. The number of rotatable bonds is 5. The zero-order valence-electron chi connectivity index (χ0n) is 10.7. The summed E-state index contributed by atoms with van der Waals surface area (Å²) in [5.41, 5.74) is 6.80. The standard InChI is InChI=1S/C13H16N4O2/c1-17-9-10(8-16-17)13(18)15-6-7-19-12-4-2-11(14)3-5-12/h2-5,8-9H,6-7,14H2,1H3,(H,15,18). The molecule has 0 bridgehead atoms. The summed E-state index contributed by atoms with van der Waals surface area (Å²) in [5.74, 6) is 0.568. The molecule has 0 aliphatic carbocycles. The van der Waals surface area contributed by atoms with E-state index in [1.807, 2.05) is 0 Å². The second-order valence-electron chi connectivity index (χ2n) is 4.08. The number of hydrogen-bond acceptors (Lipinski definition) is 4. The van der Waals surface area contributed by atoms with Crippen molar-refractivity contribution in [1.82, 2.24) is 15.1 Å². The third-order valence-electron chi connectivity index (χ3n) is 2.50. The second-order valence-corrected chi connectivity index (χ2v) is 4.08. The van der Waals surface area contributed by atoms with Crippen LogP contribution in [0.1, 0.15) is 10.4 Å². The average Bonchev–Trinajstić information content (AvgIpc) is 2.83. The summed E-state index contributed by atoms with van der Waals surface area (Å²) in [5, 5.41) is 6.69. The van der Waals surface area contributed by atoms with Gasteiger partial charge in [0.05, 0.1) is 18.3 Å². The highest BCUT2D eigenvalue weighted by molar-refractivity contribution is 5.93. The first-order valence-corrected chi connectivity index (χ1v) is 5.90. The number of nitrogens with one attached hydrogen (secondary N) is 1. The number of benzene rings is 1. The first-order valence-electron chi connectivity index (χ1n) is 5.90. The molecule has 1 amide bonds. The molecule has 0 aliphatic rings. The summed E-state index contributed by atoms with van der Waals surface area (Å²) < 4.78 is 7.04. The van der Waals surface area contributed by atoms with Crippen molar-refractivity contribution >= 4 is 11.6 Å². The third-order valence-corrected chi connectivity index (χ3v) is 2.50. The molecule has 2 aromatic rings. The van der Waals surface area contributed by atoms with Gasteiger partial charge >= 0.3 is 0 Å². The normalized spacial score (nSPS) is 10.2. The van der Waals surface area contributed by atoms with Gasteiger partial charge in [0, 0.05) is 18.9 Å². The number of nitrogen functional groups attached to an aromatic ring is 1. The van der Waals surface area contributed by atoms with Crippen LogP contribution in [0.15, 0.2) is 36.7 Å². The first-order chi connectivity index (χ1) is 9.15. The molecule has 6 heteroatoms. The van der Waals surface area contributed by atoms with Gasteiger partial charge in [0.1, 0.15) is 12.4 Å². The van der Waals surface area contributed by atoms with E-state index in [2.05, 4.69) is 10.4 Å². The van der Waals surface area contributed by atoms with Crippen molar-refractivity contribution < 1.29 is 9.53 Å². The third kappa shape index (κ3) is 3.74. The number of nitrogens with zero attached hydrogens (tertiary/aromatic N) is 2. The molecule has 1 heterocycles. The van der Waals surface area contributed by atoms with Gasteiger partial charge in [-0.1, -0.05) is 0 Å². The lowest BCUT2D eigenvalue weighted by molar-refractivity contribution is 0.0947. The summed E-state index contributed by atoms with van der Waals surface area (Å²) in [6, 6.07) is 7.11. The van der Waals surface area contributed by atoms with E-state index in [4.69, 9.17) is 10.5 Å². The molecule has 6 nitrogen and oxygen atoms in total. The van der Waals surface area contributed by atoms with Crippen molar-refractivity contribution in [3.05, 3.63) is 42.2 Å². The molecular weight excluding hydrogens is 244 g/mol. The van der Waals surface area contributed by atoms with Crippen molar-refractivity contribution in [3.8, 4) is 5.75 Å². The quantitative estimate of drug-likeness (QED) is 0.615. The van der Waals surface area contributed by atoms with E-state index in [-0.39, 0.29) is 5.91 Å². The van der Waals surface area contributed by atoms with Crippen molar-refractivity contribution in [1.29, 1.82) is 0 Å². The minimum Gasteiger partial charge on any atom is -0.492 e. The van der Waals surface area contributed by atoms with E-state index < -0.39 is 0 Å². The molecule has 0 atom stereocenters. The molecule has 0 saturated carbocycles. The van der Waals surface area contributed by atoms with E-state index in [1.165, 1.54) is 6.20 Å². The highest BCUT2D eigenvalue weighted by atomic mass is 16.5. The maximum atomic E-state index is 11.7. The summed E-state index contributed by atoms with van der Waals surface area (Å²) in [6.07, 6.45) is 3.19. The van der Waals surface area contributed by atoms with Crippen LogP contribution in [0.25, 0.3) is 0 Å². The van der Waals surface area contributed by atoms with Gasteiger partial charge in [0.2, 0.25) is 0 Å². The number of anilines is 1. The van der Waals surface area contributed by atoms with Crippen molar-refractivity contribution in [2.45, 2.75) is 0 Å². The Hall–Kier alpha value is -2.50. The smallest absolute Gasteiger partial charge is 0.254 e. The molecule has 3 N–H and O–H groups in total. The molecule has 0 spiro atoms. The predicted molar refractivity (Wildman–Crippen MR) is 71.9 cm³/mol. The Morgan fingerprint density at radius 1 is 1.42 bits per heavy atom. The van der Waals surface area contributed by atoms with Crippen molar-refractivity contribution in [3.63, 3.8) is 0 Å². The number of amides is 1. The molecule has 2 rings (SSSR count). The second kappa shape index (κ2) is 5.90. The topological polar surface area (TPSA) is 82.2 Å². The van der Waals surface area contributed by atoms with Gasteiger partial charge in [-0.15, -0.1) is 0 Å². The summed E-state index contributed by atoms with van der Waals surface area (Å²) >= 11 is 0. The molecule has 0 saturated heterocycles.